The number of fused-ring (bicyclic) bond motifs is 1. The zero-order valence-electron chi connectivity index (χ0n) is 18.7. The van der Waals surface area contributed by atoms with Crippen molar-refractivity contribution < 1.29 is 28.9 Å². The Kier molecular flexibility index (Phi) is 5.02. The molecule has 4 rings (SSSR count). The van der Waals surface area contributed by atoms with E-state index in [1.54, 1.807) is 13.0 Å². The summed E-state index contributed by atoms with van der Waals surface area (Å²) < 4.78 is 17.6. The molecular formula is C24H32O6. The van der Waals surface area contributed by atoms with Crippen molar-refractivity contribution >= 4 is 11.9 Å². The zero-order valence-corrected chi connectivity index (χ0v) is 18.7. The number of carbonyl (C=O) groups excluding carboxylic acids is 2. The molecule has 1 aliphatic carbocycles. The van der Waals surface area contributed by atoms with E-state index in [0.29, 0.717) is 25.0 Å². The summed E-state index contributed by atoms with van der Waals surface area (Å²) in [5.41, 5.74) is 2.35. The molecule has 6 atom stereocenters. The van der Waals surface area contributed by atoms with Gasteiger partial charge in [-0.15, -0.1) is 0 Å². The molecule has 4 aliphatic rings. The summed E-state index contributed by atoms with van der Waals surface area (Å²) in [6.45, 7) is 11.7. The maximum atomic E-state index is 12.6. The van der Waals surface area contributed by atoms with E-state index >= 15 is 0 Å². The van der Waals surface area contributed by atoms with Crippen molar-refractivity contribution in [2.45, 2.75) is 78.3 Å². The molecule has 0 aromatic carbocycles. The van der Waals surface area contributed by atoms with Crippen LogP contribution in [0.5, 0.6) is 0 Å². The molecule has 0 amide bonds. The third-order valence-corrected chi connectivity index (χ3v) is 7.36. The van der Waals surface area contributed by atoms with Crippen LogP contribution >= 0.6 is 0 Å². The minimum atomic E-state index is -1.56. The van der Waals surface area contributed by atoms with Crippen molar-refractivity contribution in [2.75, 3.05) is 0 Å². The lowest BCUT2D eigenvalue weighted by atomic mass is 9.72. The molecule has 2 saturated heterocycles. The van der Waals surface area contributed by atoms with Gasteiger partial charge >= 0.3 is 11.9 Å². The van der Waals surface area contributed by atoms with Gasteiger partial charge in [0.15, 0.2) is 5.79 Å². The van der Waals surface area contributed by atoms with Gasteiger partial charge in [-0.25, -0.2) is 4.79 Å². The number of ether oxygens (including phenoxy) is 3. The van der Waals surface area contributed by atoms with Crippen LogP contribution in [0.2, 0.25) is 0 Å². The smallest absolute Gasteiger partial charge is 0.331 e. The van der Waals surface area contributed by atoms with Crippen molar-refractivity contribution in [3.63, 3.8) is 0 Å². The fourth-order valence-electron chi connectivity index (χ4n) is 5.63. The molecule has 6 heteroatoms. The van der Waals surface area contributed by atoms with Crippen LogP contribution in [0.1, 0.15) is 60.8 Å². The van der Waals surface area contributed by atoms with Gasteiger partial charge < -0.3 is 19.3 Å². The Hall–Kier alpha value is -1.92. The fourth-order valence-corrected chi connectivity index (χ4v) is 5.63. The second-order valence-electron chi connectivity index (χ2n) is 9.93. The Morgan fingerprint density at radius 2 is 1.90 bits per heavy atom. The number of aliphatic hydroxyl groups is 1. The number of hydrogen-bond acceptors (Lipinski definition) is 6. The lowest BCUT2D eigenvalue weighted by Gasteiger charge is -2.42. The Labute approximate surface area is 177 Å². The van der Waals surface area contributed by atoms with E-state index in [2.05, 4.69) is 19.9 Å². The summed E-state index contributed by atoms with van der Waals surface area (Å²) in [6.07, 6.45) is 5.29. The van der Waals surface area contributed by atoms with E-state index in [9.17, 15) is 14.7 Å². The summed E-state index contributed by atoms with van der Waals surface area (Å²) in [7, 11) is 0. The summed E-state index contributed by atoms with van der Waals surface area (Å²) in [4.78, 5) is 25.0. The predicted octanol–water partition coefficient (Wildman–Crippen LogP) is 3.80. The van der Waals surface area contributed by atoms with E-state index in [0.717, 1.165) is 16.7 Å². The average Bonchev–Trinajstić information content (AvgIpc) is 3.13. The first-order valence-corrected chi connectivity index (χ1v) is 10.9. The topological polar surface area (TPSA) is 82.1 Å². The molecule has 0 spiro atoms. The van der Waals surface area contributed by atoms with Crippen molar-refractivity contribution in [3.8, 4) is 0 Å². The molecule has 0 aromatic heterocycles. The van der Waals surface area contributed by atoms with Crippen molar-refractivity contribution in [2.24, 2.45) is 23.7 Å². The Balaban J connectivity index is 1.81. The fraction of sp³-hybridized carbons (Fsp3) is 0.667. The van der Waals surface area contributed by atoms with Gasteiger partial charge in [-0.2, -0.15) is 0 Å². The molecule has 3 aliphatic heterocycles. The van der Waals surface area contributed by atoms with E-state index < -0.39 is 29.4 Å². The van der Waals surface area contributed by atoms with E-state index in [1.807, 2.05) is 20.8 Å². The van der Waals surface area contributed by atoms with Gasteiger partial charge in [0.25, 0.3) is 0 Å². The van der Waals surface area contributed by atoms with E-state index in [-0.39, 0.29) is 23.7 Å². The first-order chi connectivity index (χ1) is 13.9. The zero-order chi connectivity index (χ0) is 22.0. The summed E-state index contributed by atoms with van der Waals surface area (Å²) in [5, 5.41) is 10.8. The number of hydrogen-bond donors (Lipinski definition) is 1. The van der Waals surface area contributed by atoms with Gasteiger partial charge in [0.1, 0.15) is 17.3 Å². The Morgan fingerprint density at radius 3 is 2.57 bits per heavy atom. The summed E-state index contributed by atoms with van der Waals surface area (Å²) in [5.74, 6) is -2.48. The molecule has 0 radical (unpaired) electrons. The molecule has 30 heavy (non-hydrogen) atoms. The highest BCUT2D eigenvalue weighted by Gasteiger charge is 2.62. The van der Waals surface area contributed by atoms with Crippen molar-refractivity contribution in [1.29, 1.82) is 0 Å². The minimum absolute atomic E-state index is 0.0566. The molecule has 0 saturated carbocycles. The molecule has 0 unspecified atom stereocenters. The normalized spacial score (nSPS) is 45.6. The quantitative estimate of drug-likeness (QED) is 0.517. The Bertz CT molecular complexity index is 876. The number of allylic oxidation sites excluding steroid dienone is 2. The molecule has 0 bridgehead atoms. The lowest BCUT2D eigenvalue weighted by Crippen LogP contribution is -2.44. The van der Waals surface area contributed by atoms with Gasteiger partial charge in [0.2, 0.25) is 0 Å². The van der Waals surface area contributed by atoms with Crippen LogP contribution in [-0.4, -0.2) is 34.5 Å². The van der Waals surface area contributed by atoms with Gasteiger partial charge in [0, 0.05) is 12.0 Å². The standard InChI is InChI=1S/C24H32O6/c1-12(2)15-11-17(25)29-23(5)10-9-14(4)20-18-19(22(26)28-20)24(6,27)30-21(18)13(3)7-8-16(15)23/h7,11-12,16,18-19,21,27H,8-10H2,1-6H3/b13-7-,20-14+/t16-,18+,19-,21-,23+,24-/m1/s1. The molecule has 2 fully saturated rings. The third-order valence-electron chi connectivity index (χ3n) is 7.36. The van der Waals surface area contributed by atoms with Gasteiger partial charge in [-0.05, 0) is 64.0 Å². The van der Waals surface area contributed by atoms with Crippen LogP contribution in [0.25, 0.3) is 0 Å². The highest BCUT2D eigenvalue weighted by atomic mass is 16.6. The molecule has 1 N–H and O–H groups in total. The molecule has 0 aromatic rings. The first kappa shape index (κ1) is 21.3. The second-order valence-corrected chi connectivity index (χ2v) is 9.93. The maximum Gasteiger partial charge on any atom is 0.331 e. The summed E-state index contributed by atoms with van der Waals surface area (Å²) >= 11 is 0. The van der Waals surface area contributed by atoms with Crippen molar-refractivity contribution in [1.82, 2.24) is 0 Å². The second kappa shape index (κ2) is 7.06. The largest absolute Gasteiger partial charge is 0.456 e. The predicted molar refractivity (Wildman–Crippen MR) is 110 cm³/mol. The highest BCUT2D eigenvalue weighted by Crippen LogP contribution is 2.52. The lowest BCUT2D eigenvalue weighted by molar-refractivity contribution is -0.201. The van der Waals surface area contributed by atoms with Crippen LogP contribution in [0.4, 0.5) is 0 Å². The van der Waals surface area contributed by atoms with Crippen LogP contribution < -0.4 is 0 Å². The summed E-state index contributed by atoms with van der Waals surface area (Å²) in [6, 6.07) is 0. The monoisotopic (exact) mass is 416 g/mol. The molecule has 3 heterocycles. The van der Waals surface area contributed by atoms with E-state index in [1.165, 1.54) is 0 Å². The Morgan fingerprint density at radius 1 is 1.20 bits per heavy atom. The van der Waals surface area contributed by atoms with Crippen LogP contribution in [0, 0.1) is 23.7 Å². The minimum Gasteiger partial charge on any atom is -0.456 e. The number of esters is 2. The molecule has 6 nitrogen and oxygen atoms in total. The van der Waals surface area contributed by atoms with Crippen LogP contribution in [-0.2, 0) is 23.8 Å². The van der Waals surface area contributed by atoms with Crippen molar-refractivity contribution in [3.05, 3.63) is 34.6 Å². The molecular weight excluding hydrogens is 384 g/mol. The first-order valence-electron chi connectivity index (χ1n) is 10.9. The van der Waals surface area contributed by atoms with Crippen LogP contribution in [0.15, 0.2) is 34.6 Å². The van der Waals surface area contributed by atoms with Gasteiger partial charge in [-0.1, -0.05) is 25.5 Å². The van der Waals surface area contributed by atoms with Gasteiger partial charge in [0.05, 0.1) is 12.0 Å². The number of rotatable bonds is 1. The van der Waals surface area contributed by atoms with Gasteiger partial charge in [-0.3, -0.25) is 4.79 Å². The third kappa shape index (κ3) is 3.25. The highest BCUT2D eigenvalue weighted by molar-refractivity contribution is 5.84. The average molecular weight is 417 g/mol. The maximum absolute atomic E-state index is 12.6. The molecule has 164 valence electrons. The van der Waals surface area contributed by atoms with Crippen LogP contribution in [0.3, 0.4) is 0 Å². The SMILES string of the molecule is C/C1=C/C[C@@H]2C(C(C)C)=CC(=O)O[C@@]2(C)CC/C(C)=C2/OC(=O)[C@H]3[C@@H]2[C@@H]1O[C@@]3(C)O. The van der Waals surface area contributed by atoms with E-state index in [4.69, 9.17) is 14.2 Å². The number of carbonyl (C=O) groups is 2.